The summed E-state index contributed by atoms with van der Waals surface area (Å²) < 4.78 is 3.00. The van der Waals surface area contributed by atoms with E-state index < -0.39 is 0 Å². The first-order valence-electron chi connectivity index (χ1n) is 9.62. The van der Waals surface area contributed by atoms with Crippen LogP contribution in [0.25, 0.3) is 27.2 Å². The third kappa shape index (κ3) is 3.76. The van der Waals surface area contributed by atoms with Gasteiger partial charge in [-0.1, -0.05) is 48.5 Å². The molecule has 2 aromatic carbocycles. The number of carbonyl (C=O) groups excluding carboxylic acids is 1. The number of benzene rings is 2. The molecule has 5 aromatic rings. The van der Waals surface area contributed by atoms with Crippen molar-refractivity contribution in [2.45, 2.75) is 6.54 Å². The van der Waals surface area contributed by atoms with Crippen LogP contribution in [-0.2, 0) is 11.3 Å². The highest BCUT2D eigenvalue weighted by molar-refractivity contribution is 7.16. The zero-order valence-electron chi connectivity index (χ0n) is 16.3. The number of thiophene rings is 1. The van der Waals surface area contributed by atoms with E-state index in [0.717, 1.165) is 16.9 Å². The number of nitrogens with one attached hydrogen (secondary N) is 1. The molecule has 3 heterocycles. The molecule has 3 aromatic heterocycles. The topological polar surface area (TPSA) is 81.8 Å². The second-order valence-electron chi connectivity index (χ2n) is 6.89. The number of anilines is 1. The Labute approximate surface area is 181 Å². The molecule has 0 fully saturated rings. The Morgan fingerprint density at radius 3 is 2.52 bits per heavy atom. The van der Waals surface area contributed by atoms with E-state index in [0.29, 0.717) is 16.0 Å². The number of hydrogen-bond acceptors (Lipinski definition) is 5. The molecule has 0 radical (unpaired) electrons. The Morgan fingerprint density at radius 1 is 1.00 bits per heavy atom. The lowest BCUT2D eigenvalue weighted by Gasteiger charge is -2.09. The van der Waals surface area contributed by atoms with Crippen molar-refractivity contribution in [1.29, 1.82) is 0 Å². The minimum absolute atomic E-state index is 0.141. The standard InChI is InChI=1S/C23H17N5O2S/c29-21(14-27-15-24-22-18(23(27)30)11-12-31-22)25-20-13-19(16-7-3-1-4-8-16)26-28(20)17-9-5-2-6-10-17/h1-13,15H,14H2,(H,25,29). The first kappa shape index (κ1) is 19.0. The molecule has 1 amide bonds. The predicted molar refractivity (Wildman–Crippen MR) is 122 cm³/mol. The largest absolute Gasteiger partial charge is 0.309 e. The van der Waals surface area contributed by atoms with Crippen LogP contribution in [0.2, 0.25) is 0 Å². The van der Waals surface area contributed by atoms with E-state index in [-0.39, 0.29) is 18.0 Å². The summed E-state index contributed by atoms with van der Waals surface area (Å²) in [6.45, 7) is -0.141. The molecule has 152 valence electrons. The molecule has 0 atom stereocenters. The van der Waals surface area contributed by atoms with Gasteiger partial charge in [-0.3, -0.25) is 14.2 Å². The molecule has 8 heteroatoms. The SMILES string of the molecule is O=C(Cn1cnc2sccc2c1=O)Nc1cc(-c2ccccc2)nn1-c1ccccc1. The zero-order chi connectivity index (χ0) is 21.2. The summed E-state index contributed by atoms with van der Waals surface area (Å²) >= 11 is 1.40. The number of carbonyl (C=O) groups is 1. The monoisotopic (exact) mass is 427 g/mol. The van der Waals surface area contributed by atoms with Gasteiger partial charge in [0.1, 0.15) is 17.2 Å². The molecule has 0 saturated carbocycles. The van der Waals surface area contributed by atoms with Gasteiger partial charge in [0.15, 0.2) is 0 Å². The molecule has 0 aliphatic heterocycles. The van der Waals surface area contributed by atoms with E-state index in [2.05, 4.69) is 15.4 Å². The van der Waals surface area contributed by atoms with Gasteiger partial charge in [-0.25, -0.2) is 9.67 Å². The van der Waals surface area contributed by atoms with Crippen molar-refractivity contribution in [1.82, 2.24) is 19.3 Å². The summed E-state index contributed by atoms with van der Waals surface area (Å²) in [5, 5.41) is 9.91. The van der Waals surface area contributed by atoms with E-state index in [1.807, 2.05) is 72.1 Å². The number of nitrogens with zero attached hydrogens (tertiary/aromatic N) is 4. The van der Waals surface area contributed by atoms with Crippen LogP contribution in [0.5, 0.6) is 0 Å². The maximum atomic E-state index is 12.8. The molecular weight excluding hydrogens is 410 g/mol. The molecule has 0 saturated heterocycles. The summed E-state index contributed by atoms with van der Waals surface area (Å²) in [5.74, 6) is 0.183. The van der Waals surface area contributed by atoms with Crippen molar-refractivity contribution in [3.8, 4) is 16.9 Å². The predicted octanol–water partition coefficient (Wildman–Crippen LogP) is 3.95. The van der Waals surface area contributed by atoms with Gasteiger partial charge in [0.25, 0.3) is 5.56 Å². The Morgan fingerprint density at radius 2 is 1.74 bits per heavy atom. The first-order chi connectivity index (χ1) is 15.2. The normalized spacial score (nSPS) is 11.0. The molecule has 0 aliphatic rings. The van der Waals surface area contributed by atoms with E-state index in [4.69, 9.17) is 0 Å². The second-order valence-corrected chi connectivity index (χ2v) is 7.79. The Balaban J connectivity index is 1.47. The third-order valence-corrected chi connectivity index (χ3v) is 5.63. The van der Waals surface area contributed by atoms with E-state index in [1.165, 1.54) is 22.2 Å². The van der Waals surface area contributed by atoms with Gasteiger partial charge in [-0.05, 0) is 23.6 Å². The Kier molecular flexibility index (Phi) is 4.89. The zero-order valence-corrected chi connectivity index (χ0v) is 17.1. The summed E-state index contributed by atoms with van der Waals surface area (Å²) in [6, 6.07) is 22.9. The lowest BCUT2D eigenvalue weighted by molar-refractivity contribution is -0.116. The fraction of sp³-hybridized carbons (Fsp3) is 0.0435. The highest BCUT2D eigenvalue weighted by Crippen LogP contribution is 2.24. The number of hydrogen-bond donors (Lipinski definition) is 1. The van der Waals surface area contributed by atoms with Crippen molar-refractivity contribution in [3.05, 3.63) is 94.9 Å². The van der Waals surface area contributed by atoms with Crippen LogP contribution in [0.1, 0.15) is 0 Å². The highest BCUT2D eigenvalue weighted by atomic mass is 32.1. The van der Waals surface area contributed by atoms with Crippen molar-refractivity contribution in [2.24, 2.45) is 0 Å². The fourth-order valence-electron chi connectivity index (χ4n) is 3.33. The summed E-state index contributed by atoms with van der Waals surface area (Å²) in [7, 11) is 0. The minimum Gasteiger partial charge on any atom is -0.309 e. The summed E-state index contributed by atoms with van der Waals surface area (Å²) in [4.78, 5) is 30.3. The molecule has 7 nitrogen and oxygen atoms in total. The first-order valence-corrected chi connectivity index (χ1v) is 10.5. The molecule has 1 N–H and O–H groups in total. The molecular formula is C23H17N5O2S. The highest BCUT2D eigenvalue weighted by Gasteiger charge is 2.15. The van der Waals surface area contributed by atoms with Crippen molar-refractivity contribution in [3.63, 3.8) is 0 Å². The van der Waals surface area contributed by atoms with Gasteiger partial charge in [-0.15, -0.1) is 11.3 Å². The van der Waals surface area contributed by atoms with Crippen LogP contribution < -0.4 is 10.9 Å². The smallest absolute Gasteiger partial charge is 0.262 e. The Bertz CT molecular complexity index is 1420. The number of fused-ring (bicyclic) bond motifs is 1. The van der Waals surface area contributed by atoms with Crippen LogP contribution in [0.15, 0.2) is 89.3 Å². The molecule has 5 rings (SSSR count). The second kappa shape index (κ2) is 8.00. The molecule has 0 spiro atoms. The fourth-order valence-corrected chi connectivity index (χ4v) is 4.05. The van der Waals surface area contributed by atoms with Crippen molar-refractivity contribution < 1.29 is 4.79 Å². The molecule has 0 unspecified atom stereocenters. The number of rotatable bonds is 5. The Hall–Kier alpha value is -4.04. The molecule has 0 bridgehead atoms. The quantitative estimate of drug-likeness (QED) is 0.460. The van der Waals surface area contributed by atoms with Gasteiger partial charge < -0.3 is 5.32 Å². The molecule has 31 heavy (non-hydrogen) atoms. The minimum atomic E-state index is -0.338. The average molecular weight is 427 g/mol. The molecule has 0 aliphatic carbocycles. The van der Waals surface area contributed by atoms with Gasteiger partial charge in [0.2, 0.25) is 5.91 Å². The summed E-state index contributed by atoms with van der Waals surface area (Å²) in [6.07, 6.45) is 1.41. The van der Waals surface area contributed by atoms with E-state index >= 15 is 0 Å². The lowest BCUT2D eigenvalue weighted by Crippen LogP contribution is -2.28. The van der Waals surface area contributed by atoms with Crippen LogP contribution in [0.3, 0.4) is 0 Å². The average Bonchev–Trinajstić information content (AvgIpc) is 3.45. The van der Waals surface area contributed by atoms with Crippen LogP contribution in [0, 0.1) is 0 Å². The maximum absolute atomic E-state index is 12.8. The summed E-state index contributed by atoms with van der Waals surface area (Å²) in [5.41, 5.74) is 2.26. The number of amides is 1. The van der Waals surface area contributed by atoms with Crippen LogP contribution in [0.4, 0.5) is 5.82 Å². The van der Waals surface area contributed by atoms with Gasteiger partial charge in [0, 0.05) is 11.6 Å². The van der Waals surface area contributed by atoms with Crippen LogP contribution >= 0.6 is 11.3 Å². The number of para-hydroxylation sites is 1. The van der Waals surface area contributed by atoms with Crippen LogP contribution in [-0.4, -0.2) is 25.2 Å². The van der Waals surface area contributed by atoms with E-state index in [9.17, 15) is 9.59 Å². The lowest BCUT2D eigenvalue weighted by atomic mass is 10.2. The van der Waals surface area contributed by atoms with Crippen molar-refractivity contribution in [2.75, 3.05) is 5.32 Å². The maximum Gasteiger partial charge on any atom is 0.262 e. The van der Waals surface area contributed by atoms with E-state index in [1.54, 1.807) is 10.7 Å². The third-order valence-electron chi connectivity index (χ3n) is 4.81. The van der Waals surface area contributed by atoms with Gasteiger partial charge in [-0.2, -0.15) is 5.10 Å². The van der Waals surface area contributed by atoms with Gasteiger partial charge >= 0.3 is 0 Å². The number of aromatic nitrogens is 4. The van der Waals surface area contributed by atoms with Crippen molar-refractivity contribution >= 4 is 33.3 Å². The van der Waals surface area contributed by atoms with Gasteiger partial charge in [0.05, 0.1) is 23.1 Å².